The molecular formula is C13H9BrCl2N2O2. The molecule has 1 heterocycles. The molecule has 0 N–H and O–H groups in total. The van der Waals surface area contributed by atoms with Crippen LogP contribution in [0.15, 0.2) is 41.0 Å². The number of halogens is 3. The van der Waals surface area contributed by atoms with E-state index in [-0.39, 0.29) is 0 Å². The van der Waals surface area contributed by atoms with Crippen molar-refractivity contribution in [2.45, 2.75) is 0 Å². The lowest BCUT2D eigenvalue weighted by Gasteiger charge is -2.17. The molecule has 1 amide bonds. The second-order valence-electron chi connectivity index (χ2n) is 3.84. The van der Waals surface area contributed by atoms with Crippen molar-refractivity contribution in [3.63, 3.8) is 0 Å². The van der Waals surface area contributed by atoms with Gasteiger partial charge in [-0.1, -0.05) is 23.2 Å². The molecular weight excluding hydrogens is 367 g/mol. The molecule has 0 unspecified atom stereocenters. The fourth-order valence-electron chi connectivity index (χ4n) is 1.41. The molecule has 0 aliphatic carbocycles. The van der Waals surface area contributed by atoms with Crippen LogP contribution in [0.4, 0.5) is 10.6 Å². The monoisotopic (exact) mass is 374 g/mol. The molecule has 20 heavy (non-hydrogen) atoms. The number of carbonyl (C=O) groups is 1. The molecule has 0 fully saturated rings. The number of hydrogen-bond donors (Lipinski definition) is 0. The largest absolute Gasteiger partial charge is 0.420 e. The van der Waals surface area contributed by atoms with Crippen LogP contribution in [-0.2, 0) is 0 Å². The summed E-state index contributed by atoms with van der Waals surface area (Å²) in [5.41, 5.74) is 0. The van der Waals surface area contributed by atoms with Crippen molar-refractivity contribution in [3.05, 3.63) is 51.0 Å². The second-order valence-corrected chi connectivity index (χ2v) is 5.57. The van der Waals surface area contributed by atoms with Gasteiger partial charge in [0.05, 0.1) is 9.50 Å². The van der Waals surface area contributed by atoms with Gasteiger partial charge in [0.2, 0.25) is 0 Å². The fraction of sp³-hybridized carbons (Fsp3) is 0.0769. The zero-order chi connectivity index (χ0) is 14.7. The summed E-state index contributed by atoms with van der Waals surface area (Å²) in [4.78, 5) is 17.4. The van der Waals surface area contributed by atoms with E-state index in [1.54, 1.807) is 37.4 Å². The standard InChI is InChI=1S/C13H9BrCl2N2O2/c1-18(12-11(14)6-9(16)7-17-12)13(19)20-10-4-2-8(15)3-5-10/h2-7H,1H3. The van der Waals surface area contributed by atoms with Gasteiger partial charge in [0, 0.05) is 18.3 Å². The van der Waals surface area contributed by atoms with Crippen LogP contribution in [0.25, 0.3) is 0 Å². The van der Waals surface area contributed by atoms with E-state index < -0.39 is 6.09 Å². The molecule has 4 nitrogen and oxygen atoms in total. The van der Waals surface area contributed by atoms with Crippen LogP contribution in [0.3, 0.4) is 0 Å². The van der Waals surface area contributed by atoms with Crippen LogP contribution >= 0.6 is 39.1 Å². The van der Waals surface area contributed by atoms with Crippen molar-refractivity contribution < 1.29 is 9.53 Å². The molecule has 0 saturated carbocycles. The van der Waals surface area contributed by atoms with Gasteiger partial charge in [-0.05, 0) is 46.3 Å². The smallest absolute Gasteiger partial charge is 0.410 e. The Labute approximate surface area is 134 Å². The van der Waals surface area contributed by atoms with Crippen LogP contribution in [-0.4, -0.2) is 18.1 Å². The van der Waals surface area contributed by atoms with Gasteiger partial charge in [-0.15, -0.1) is 0 Å². The Morgan fingerprint density at radius 2 is 1.90 bits per heavy atom. The molecule has 7 heteroatoms. The molecule has 0 saturated heterocycles. The average Bonchev–Trinajstić information content (AvgIpc) is 2.40. The van der Waals surface area contributed by atoms with Crippen LogP contribution in [0.2, 0.25) is 10.0 Å². The summed E-state index contributed by atoms with van der Waals surface area (Å²) in [6, 6.07) is 8.15. The molecule has 2 rings (SSSR count). The highest BCUT2D eigenvalue weighted by molar-refractivity contribution is 9.10. The van der Waals surface area contributed by atoms with E-state index >= 15 is 0 Å². The predicted molar refractivity (Wildman–Crippen MR) is 82.8 cm³/mol. The summed E-state index contributed by atoms with van der Waals surface area (Å²) in [7, 11) is 1.55. The van der Waals surface area contributed by atoms with Gasteiger partial charge in [0.1, 0.15) is 5.75 Å². The van der Waals surface area contributed by atoms with Crippen LogP contribution in [0.1, 0.15) is 0 Å². The van der Waals surface area contributed by atoms with E-state index in [9.17, 15) is 4.79 Å². The maximum atomic E-state index is 12.0. The van der Waals surface area contributed by atoms with Gasteiger partial charge in [0.15, 0.2) is 5.82 Å². The quantitative estimate of drug-likeness (QED) is 0.758. The second kappa shape index (κ2) is 6.43. The number of rotatable bonds is 2. The minimum absolute atomic E-state index is 0.399. The number of aromatic nitrogens is 1. The first-order chi connectivity index (χ1) is 9.47. The number of anilines is 1. The van der Waals surface area contributed by atoms with Gasteiger partial charge in [-0.2, -0.15) is 0 Å². The van der Waals surface area contributed by atoms with Gasteiger partial charge >= 0.3 is 6.09 Å². The van der Waals surface area contributed by atoms with Crippen molar-refractivity contribution in [1.82, 2.24) is 4.98 Å². The van der Waals surface area contributed by atoms with E-state index in [0.29, 0.717) is 26.1 Å². The summed E-state index contributed by atoms with van der Waals surface area (Å²) >= 11 is 14.9. The first-order valence-corrected chi connectivity index (χ1v) is 7.04. The predicted octanol–water partition coefficient (Wildman–Crippen LogP) is 4.79. The van der Waals surface area contributed by atoms with Crippen LogP contribution in [0, 0.1) is 0 Å². The normalized spacial score (nSPS) is 10.2. The van der Waals surface area contributed by atoms with Crippen molar-refractivity contribution in [1.29, 1.82) is 0 Å². The summed E-state index contributed by atoms with van der Waals surface area (Å²) < 4.78 is 5.80. The molecule has 1 aromatic carbocycles. The van der Waals surface area contributed by atoms with E-state index in [1.165, 1.54) is 11.1 Å². The summed E-state index contributed by atoms with van der Waals surface area (Å²) in [5.74, 6) is 0.810. The van der Waals surface area contributed by atoms with Gasteiger partial charge in [-0.25, -0.2) is 9.78 Å². The zero-order valence-electron chi connectivity index (χ0n) is 10.3. The van der Waals surface area contributed by atoms with Crippen molar-refractivity contribution in [3.8, 4) is 5.75 Å². The molecule has 0 aliphatic heterocycles. The van der Waals surface area contributed by atoms with E-state index in [2.05, 4.69) is 20.9 Å². The van der Waals surface area contributed by atoms with Gasteiger partial charge in [0.25, 0.3) is 0 Å². The number of amides is 1. The van der Waals surface area contributed by atoms with Crippen LogP contribution < -0.4 is 9.64 Å². The van der Waals surface area contributed by atoms with Crippen molar-refractivity contribution in [2.24, 2.45) is 0 Å². The molecule has 2 aromatic rings. The Morgan fingerprint density at radius 1 is 1.25 bits per heavy atom. The molecule has 1 aromatic heterocycles. The summed E-state index contributed by atoms with van der Waals surface area (Å²) in [6.07, 6.45) is 0.885. The number of hydrogen-bond acceptors (Lipinski definition) is 3. The van der Waals surface area contributed by atoms with E-state index in [1.807, 2.05) is 0 Å². The first-order valence-electron chi connectivity index (χ1n) is 5.49. The third kappa shape index (κ3) is 3.62. The highest BCUT2D eigenvalue weighted by Crippen LogP contribution is 2.26. The number of carbonyl (C=O) groups excluding carboxylic acids is 1. The van der Waals surface area contributed by atoms with E-state index in [0.717, 1.165) is 0 Å². The van der Waals surface area contributed by atoms with Crippen molar-refractivity contribution in [2.75, 3.05) is 11.9 Å². The Kier molecular flexibility index (Phi) is 4.86. The van der Waals surface area contributed by atoms with Crippen LogP contribution in [0.5, 0.6) is 5.75 Å². The molecule has 0 radical (unpaired) electrons. The molecule has 104 valence electrons. The fourth-order valence-corrected chi connectivity index (χ4v) is 2.44. The van der Waals surface area contributed by atoms with Gasteiger partial charge < -0.3 is 4.74 Å². The number of ether oxygens (including phenoxy) is 1. The highest BCUT2D eigenvalue weighted by atomic mass is 79.9. The summed E-state index contributed by atoms with van der Waals surface area (Å²) in [5, 5.41) is 1.04. The maximum absolute atomic E-state index is 12.0. The third-order valence-corrected chi connectivity index (χ3v) is 3.44. The molecule has 0 atom stereocenters. The lowest BCUT2D eigenvalue weighted by Crippen LogP contribution is -2.30. The number of benzene rings is 1. The minimum atomic E-state index is -0.567. The topological polar surface area (TPSA) is 42.4 Å². The molecule has 0 bridgehead atoms. The Hall–Kier alpha value is -1.30. The lowest BCUT2D eigenvalue weighted by molar-refractivity contribution is 0.209. The molecule has 0 aliphatic rings. The zero-order valence-corrected chi connectivity index (χ0v) is 13.4. The first kappa shape index (κ1) is 15.1. The Bertz CT molecular complexity index is 635. The van der Waals surface area contributed by atoms with Gasteiger partial charge in [-0.3, -0.25) is 4.90 Å². The van der Waals surface area contributed by atoms with E-state index in [4.69, 9.17) is 27.9 Å². The maximum Gasteiger partial charge on any atom is 0.420 e. The highest BCUT2D eigenvalue weighted by Gasteiger charge is 2.17. The Morgan fingerprint density at radius 3 is 2.50 bits per heavy atom. The third-order valence-electron chi connectivity index (χ3n) is 2.40. The lowest BCUT2D eigenvalue weighted by atomic mass is 10.3. The number of nitrogens with zero attached hydrogens (tertiary/aromatic N) is 2. The average molecular weight is 376 g/mol. The Balaban J connectivity index is 2.14. The molecule has 0 spiro atoms. The summed E-state index contributed by atoms with van der Waals surface area (Å²) in [6.45, 7) is 0. The number of pyridine rings is 1. The SMILES string of the molecule is CN(C(=O)Oc1ccc(Cl)cc1)c1ncc(Cl)cc1Br. The minimum Gasteiger partial charge on any atom is -0.410 e. The van der Waals surface area contributed by atoms with Crippen molar-refractivity contribution >= 4 is 51.0 Å².